The number of nitrogens with one attached hydrogen (secondary N) is 1. The summed E-state index contributed by atoms with van der Waals surface area (Å²) in [5, 5.41) is 3.25. The predicted octanol–water partition coefficient (Wildman–Crippen LogP) is 0.917. The van der Waals surface area contributed by atoms with E-state index in [1.165, 1.54) is 6.42 Å². The van der Waals surface area contributed by atoms with Crippen LogP contribution in [0.25, 0.3) is 0 Å². The summed E-state index contributed by atoms with van der Waals surface area (Å²) in [6, 6.07) is 3.68. The molecule has 0 saturated carbocycles. The Morgan fingerprint density at radius 1 is 1.56 bits per heavy atom. The van der Waals surface area contributed by atoms with Crippen LogP contribution in [0.4, 0.5) is 5.82 Å². The molecule has 1 aromatic rings. The van der Waals surface area contributed by atoms with Crippen molar-refractivity contribution < 1.29 is 4.79 Å². The summed E-state index contributed by atoms with van der Waals surface area (Å²) in [6.07, 6.45) is 5.27. The number of carbonyl (C=O) groups excluding carboxylic acids is 1. The SMILES string of the molecule is Nc1ncccc1CC(=O)C1CCCCN1. The molecular formula is C12H17N3O. The lowest BCUT2D eigenvalue weighted by molar-refractivity contribution is -0.120. The minimum atomic E-state index is 0.00774. The monoisotopic (exact) mass is 219 g/mol. The van der Waals surface area contributed by atoms with Crippen molar-refractivity contribution in [3.8, 4) is 0 Å². The number of pyridine rings is 1. The fourth-order valence-electron chi connectivity index (χ4n) is 2.04. The highest BCUT2D eigenvalue weighted by atomic mass is 16.1. The predicted molar refractivity (Wildman–Crippen MR) is 63.0 cm³/mol. The van der Waals surface area contributed by atoms with Gasteiger partial charge in [-0.1, -0.05) is 12.5 Å². The topological polar surface area (TPSA) is 68.0 Å². The Hall–Kier alpha value is -1.42. The molecule has 1 unspecified atom stereocenters. The number of hydrogen-bond acceptors (Lipinski definition) is 4. The average molecular weight is 219 g/mol. The van der Waals surface area contributed by atoms with Crippen molar-refractivity contribution in [1.82, 2.24) is 10.3 Å². The van der Waals surface area contributed by atoms with Gasteiger partial charge in [-0.3, -0.25) is 4.79 Å². The van der Waals surface area contributed by atoms with Crippen LogP contribution >= 0.6 is 0 Å². The maximum Gasteiger partial charge on any atom is 0.154 e. The Bertz CT molecular complexity index is 372. The smallest absolute Gasteiger partial charge is 0.154 e. The first-order valence-corrected chi connectivity index (χ1v) is 5.73. The number of carbonyl (C=O) groups is 1. The standard InChI is InChI=1S/C12H17N3O/c13-12-9(4-3-7-15-12)8-11(16)10-5-1-2-6-14-10/h3-4,7,10,14H,1-2,5-6,8H2,(H2,13,15). The van der Waals surface area contributed by atoms with Crippen LogP contribution in [0.5, 0.6) is 0 Å². The molecular weight excluding hydrogens is 202 g/mol. The van der Waals surface area contributed by atoms with Crippen LogP contribution in [0.2, 0.25) is 0 Å². The molecule has 16 heavy (non-hydrogen) atoms. The van der Waals surface area contributed by atoms with E-state index in [1.54, 1.807) is 6.20 Å². The molecule has 1 aliphatic heterocycles. The van der Waals surface area contributed by atoms with Crippen molar-refractivity contribution in [3.05, 3.63) is 23.9 Å². The number of piperidine rings is 1. The van der Waals surface area contributed by atoms with Crippen molar-refractivity contribution in [2.24, 2.45) is 0 Å². The van der Waals surface area contributed by atoms with Gasteiger partial charge in [-0.2, -0.15) is 0 Å². The van der Waals surface area contributed by atoms with Gasteiger partial charge in [-0.25, -0.2) is 4.98 Å². The lowest BCUT2D eigenvalue weighted by Gasteiger charge is -2.22. The number of nitrogens with zero attached hydrogens (tertiary/aromatic N) is 1. The second-order valence-electron chi connectivity index (χ2n) is 4.19. The molecule has 0 spiro atoms. The lowest BCUT2D eigenvalue weighted by atomic mass is 9.97. The molecule has 0 bridgehead atoms. The van der Waals surface area contributed by atoms with Gasteiger partial charge in [0, 0.05) is 18.2 Å². The fraction of sp³-hybridized carbons (Fsp3) is 0.500. The maximum atomic E-state index is 12.0. The Morgan fingerprint density at radius 3 is 3.12 bits per heavy atom. The molecule has 4 nitrogen and oxygen atoms in total. The van der Waals surface area contributed by atoms with Crippen LogP contribution in [0.1, 0.15) is 24.8 Å². The summed E-state index contributed by atoms with van der Waals surface area (Å²) >= 11 is 0. The lowest BCUT2D eigenvalue weighted by Crippen LogP contribution is -2.41. The molecule has 1 atom stereocenters. The van der Waals surface area contributed by atoms with Gasteiger partial charge in [0.2, 0.25) is 0 Å². The molecule has 1 aliphatic rings. The van der Waals surface area contributed by atoms with Gasteiger partial charge >= 0.3 is 0 Å². The zero-order valence-electron chi connectivity index (χ0n) is 9.28. The summed E-state index contributed by atoms with van der Waals surface area (Å²) in [7, 11) is 0. The minimum absolute atomic E-state index is 0.00774. The third-order valence-corrected chi connectivity index (χ3v) is 2.99. The van der Waals surface area contributed by atoms with E-state index < -0.39 is 0 Å². The molecule has 1 fully saturated rings. The van der Waals surface area contributed by atoms with Crippen molar-refractivity contribution in [2.45, 2.75) is 31.7 Å². The van der Waals surface area contributed by atoms with E-state index in [2.05, 4.69) is 10.3 Å². The van der Waals surface area contributed by atoms with Gasteiger partial charge in [0.25, 0.3) is 0 Å². The van der Waals surface area contributed by atoms with Gasteiger partial charge in [0.15, 0.2) is 5.78 Å². The first-order chi connectivity index (χ1) is 7.77. The van der Waals surface area contributed by atoms with Crippen molar-refractivity contribution in [3.63, 3.8) is 0 Å². The molecule has 0 aromatic carbocycles. The van der Waals surface area contributed by atoms with Gasteiger partial charge in [-0.05, 0) is 25.5 Å². The molecule has 0 radical (unpaired) electrons. The summed E-state index contributed by atoms with van der Waals surface area (Å²) in [6.45, 7) is 0.943. The number of nitrogens with two attached hydrogens (primary N) is 1. The summed E-state index contributed by atoms with van der Waals surface area (Å²) < 4.78 is 0. The number of hydrogen-bond donors (Lipinski definition) is 2. The quantitative estimate of drug-likeness (QED) is 0.793. The van der Waals surface area contributed by atoms with E-state index in [-0.39, 0.29) is 11.8 Å². The number of nitrogen functional groups attached to an aromatic ring is 1. The number of Topliss-reactive ketones (excluding diaryl/α,β-unsaturated/α-hetero) is 1. The Kier molecular flexibility index (Phi) is 3.51. The average Bonchev–Trinajstić information content (AvgIpc) is 2.33. The zero-order valence-corrected chi connectivity index (χ0v) is 9.28. The number of ketones is 1. The molecule has 3 N–H and O–H groups in total. The van der Waals surface area contributed by atoms with Crippen LogP contribution in [0, 0.1) is 0 Å². The highest BCUT2D eigenvalue weighted by Gasteiger charge is 2.20. The van der Waals surface area contributed by atoms with E-state index in [0.29, 0.717) is 12.2 Å². The molecule has 0 aliphatic carbocycles. The maximum absolute atomic E-state index is 12.0. The Balaban J connectivity index is 1.99. The van der Waals surface area contributed by atoms with E-state index in [9.17, 15) is 4.79 Å². The van der Waals surface area contributed by atoms with Crippen LogP contribution in [0.3, 0.4) is 0 Å². The van der Waals surface area contributed by atoms with Crippen LogP contribution in [-0.4, -0.2) is 23.4 Å². The molecule has 86 valence electrons. The third kappa shape index (κ3) is 2.58. The molecule has 1 saturated heterocycles. The molecule has 0 amide bonds. The van der Waals surface area contributed by atoms with Gasteiger partial charge in [-0.15, -0.1) is 0 Å². The number of rotatable bonds is 3. The molecule has 1 aromatic heterocycles. The zero-order chi connectivity index (χ0) is 11.4. The van der Waals surface area contributed by atoms with Gasteiger partial charge < -0.3 is 11.1 Å². The number of aromatic nitrogens is 1. The van der Waals surface area contributed by atoms with Gasteiger partial charge in [0.1, 0.15) is 5.82 Å². The first kappa shape index (κ1) is 11.1. The first-order valence-electron chi connectivity index (χ1n) is 5.73. The normalized spacial score (nSPS) is 20.6. The van der Waals surface area contributed by atoms with E-state index in [0.717, 1.165) is 24.9 Å². The van der Waals surface area contributed by atoms with Crippen LogP contribution < -0.4 is 11.1 Å². The Labute approximate surface area is 95.3 Å². The van der Waals surface area contributed by atoms with Crippen molar-refractivity contribution in [1.29, 1.82) is 0 Å². The van der Waals surface area contributed by atoms with Crippen molar-refractivity contribution in [2.75, 3.05) is 12.3 Å². The largest absolute Gasteiger partial charge is 0.383 e. The van der Waals surface area contributed by atoms with E-state index in [4.69, 9.17) is 5.73 Å². The fourth-order valence-corrected chi connectivity index (χ4v) is 2.04. The second-order valence-corrected chi connectivity index (χ2v) is 4.19. The van der Waals surface area contributed by atoms with Crippen molar-refractivity contribution >= 4 is 11.6 Å². The van der Waals surface area contributed by atoms with Crippen LogP contribution in [-0.2, 0) is 11.2 Å². The van der Waals surface area contributed by atoms with E-state index in [1.807, 2.05) is 12.1 Å². The third-order valence-electron chi connectivity index (χ3n) is 2.99. The summed E-state index contributed by atoms with van der Waals surface area (Å²) in [4.78, 5) is 16.0. The number of anilines is 1. The second kappa shape index (κ2) is 5.07. The highest BCUT2D eigenvalue weighted by Crippen LogP contribution is 2.13. The Morgan fingerprint density at radius 2 is 2.44 bits per heavy atom. The highest BCUT2D eigenvalue weighted by molar-refractivity contribution is 5.87. The minimum Gasteiger partial charge on any atom is -0.383 e. The molecule has 4 heteroatoms. The summed E-state index contributed by atoms with van der Waals surface area (Å²) in [5.41, 5.74) is 6.55. The molecule has 2 heterocycles. The van der Waals surface area contributed by atoms with Crippen LogP contribution in [0.15, 0.2) is 18.3 Å². The van der Waals surface area contributed by atoms with E-state index >= 15 is 0 Å². The van der Waals surface area contributed by atoms with Gasteiger partial charge in [0.05, 0.1) is 6.04 Å². The summed E-state index contributed by atoms with van der Waals surface area (Å²) in [5.74, 6) is 0.686. The molecule has 2 rings (SSSR count).